The van der Waals surface area contributed by atoms with Crippen molar-refractivity contribution in [1.29, 1.82) is 0 Å². The van der Waals surface area contributed by atoms with Crippen LogP contribution >= 0.6 is 38.5 Å². The molecule has 1 aromatic rings. The highest BCUT2D eigenvalue weighted by Gasteiger charge is 2.20. The van der Waals surface area contributed by atoms with Gasteiger partial charge in [-0.1, -0.05) is 0 Å². The van der Waals surface area contributed by atoms with Gasteiger partial charge in [0.05, 0.1) is 3.57 Å². The number of pyridine rings is 1. The number of hydrogen-bond donors (Lipinski definition) is 0. The highest BCUT2D eigenvalue weighted by Crippen LogP contribution is 2.23. The molecule has 0 aromatic carbocycles. The number of hydrogen-bond acceptors (Lipinski definition) is 3. The summed E-state index contributed by atoms with van der Waals surface area (Å²) in [5, 5.41) is 0. The van der Waals surface area contributed by atoms with Crippen molar-refractivity contribution in [2.45, 2.75) is 13.8 Å². The van der Waals surface area contributed by atoms with Gasteiger partial charge in [-0.25, -0.2) is 9.88 Å². The van der Waals surface area contributed by atoms with Crippen LogP contribution < -0.4 is 4.90 Å². The molecule has 6 heteroatoms. The lowest BCUT2D eigenvalue weighted by Gasteiger charge is -2.17. The highest BCUT2D eigenvalue weighted by molar-refractivity contribution is 14.1. The number of aromatic nitrogens is 1. The molecule has 4 nitrogen and oxygen atoms in total. The smallest absolute Gasteiger partial charge is 0.231 e. The van der Waals surface area contributed by atoms with Crippen LogP contribution in [0.4, 0.5) is 5.82 Å². The van der Waals surface area contributed by atoms with Gasteiger partial charge in [0.25, 0.3) is 0 Å². The zero-order valence-electron chi connectivity index (χ0n) is 8.12. The molecule has 0 atom stereocenters. The lowest BCUT2D eigenvalue weighted by atomic mass is 10.4. The predicted octanol–water partition coefficient (Wildman–Crippen LogP) is 2.35. The molecular formula is C9H8BrIN2O2. The molecule has 0 radical (unpaired) electrons. The maximum Gasteiger partial charge on any atom is 0.231 e. The Morgan fingerprint density at radius 3 is 2.33 bits per heavy atom. The first-order valence-corrected chi connectivity index (χ1v) is 5.93. The fourth-order valence-corrected chi connectivity index (χ4v) is 2.57. The summed E-state index contributed by atoms with van der Waals surface area (Å²) in [4.78, 5) is 27.6. The summed E-state index contributed by atoms with van der Waals surface area (Å²) in [6.45, 7) is 2.67. The Bertz CT molecular complexity index is 409. The predicted molar refractivity (Wildman–Crippen MR) is 68.5 cm³/mol. The Morgan fingerprint density at radius 2 is 1.93 bits per heavy atom. The van der Waals surface area contributed by atoms with E-state index in [0.29, 0.717) is 5.82 Å². The van der Waals surface area contributed by atoms with Gasteiger partial charge in [0, 0.05) is 24.5 Å². The van der Waals surface area contributed by atoms with Crippen LogP contribution in [0.25, 0.3) is 0 Å². The summed E-state index contributed by atoms with van der Waals surface area (Å²) in [6.07, 6.45) is 1.55. The SMILES string of the molecule is CC(=O)N(C(C)=O)c1ncc(Br)cc1I. The molecule has 0 N–H and O–H groups in total. The average Bonchev–Trinajstić information content (AvgIpc) is 2.08. The first kappa shape index (κ1) is 12.6. The topological polar surface area (TPSA) is 50.3 Å². The van der Waals surface area contributed by atoms with Crippen LogP contribution in [0.15, 0.2) is 16.7 Å². The van der Waals surface area contributed by atoms with E-state index in [4.69, 9.17) is 0 Å². The third kappa shape index (κ3) is 2.97. The number of halogens is 2. The van der Waals surface area contributed by atoms with E-state index in [9.17, 15) is 9.59 Å². The summed E-state index contributed by atoms with van der Waals surface area (Å²) in [7, 11) is 0. The Balaban J connectivity index is 3.23. The van der Waals surface area contributed by atoms with Crippen molar-refractivity contribution in [3.05, 3.63) is 20.3 Å². The molecule has 0 aliphatic carbocycles. The standard InChI is InChI=1S/C9H8BrIN2O2/c1-5(14)13(6(2)15)9-8(11)3-7(10)4-12-9/h3-4H,1-2H3. The minimum atomic E-state index is -0.338. The van der Waals surface area contributed by atoms with Gasteiger partial charge in [-0.05, 0) is 44.6 Å². The summed E-state index contributed by atoms with van der Waals surface area (Å²) < 4.78 is 1.55. The van der Waals surface area contributed by atoms with Gasteiger partial charge in [-0.2, -0.15) is 0 Å². The second-order valence-corrected chi connectivity index (χ2v) is 4.91. The van der Waals surface area contributed by atoms with Gasteiger partial charge in [0.1, 0.15) is 0 Å². The van der Waals surface area contributed by atoms with Crippen LogP contribution in [-0.2, 0) is 9.59 Å². The molecule has 1 heterocycles. The van der Waals surface area contributed by atoms with Crippen LogP contribution in [0, 0.1) is 3.57 Å². The van der Waals surface area contributed by atoms with Crippen LogP contribution in [0.5, 0.6) is 0 Å². The summed E-state index contributed by atoms with van der Waals surface area (Å²) in [5.41, 5.74) is 0. The van der Waals surface area contributed by atoms with Gasteiger partial charge in [0.15, 0.2) is 5.82 Å². The van der Waals surface area contributed by atoms with Crippen molar-refractivity contribution < 1.29 is 9.59 Å². The van der Waals surface area contributed by atoms with Crippen molar-refractivity contribution in [2.75, 3.05) is 4.90 Å². The molecule has 0 aliphatic rings. The molecule has 0 bridgehead atoms. The molecule has 0 unspecified atom stereocenters. The number of carbonyl (C=O) groups excluding carboxylic acids is 2. The summed E-state index contributed by atoms with van der Waals surface area (Å²) in [6, 6.07) is 1.79. The molecule has 0 aliphatic heterocycles. The summed E-state index contributed by atoms with van der Waals surface area (Å²) in [5.74, 6) is -0.302. The second kappa shape index (κ2) is 5.02. The van der Waals surface area contributed by atoms with Crippen molar-refractivity contribution in [1.82, 2.24) is 4.98 Å². The zero-order valence-corrected chi connectivity index (χ0v) is 11.9. The van der Waals surface area contributed by atoms with Gasteiger partial charge >= 0.3 is 0 Å². The first-order valence-electron chi connectivity index (χ1n) is 4.05. The summed E-state index contributed by atoms with van der Waals surface area (Å²) >= 11 is 5.29. The van der Waals surface area contributed by atoms with E-state index < -0.39 is 0 Å². The van der Waals surface area contributed by atoms with Crippen LogP contribution in [0.3, 0.4) is 0 Å². The van der Waals surface area contributed by atoms with Crippen LogP contribution in [0.2, 0.25) is 0 Å². The third-order valence-corrected chi connectivity index (χ3v) is 2.86. The minimum Gasteiger partial charge on any atom is -0.274 e. The maximum atomic E-state index is 11.3. The molecule has 0 spiro atoms. The van der Waals surface area contributed by atoms with E-state index in [1.165, 1.54) is 13.8 Å². The Kier molecular flexibility index (Phi) is 4.21. The number of imide groups is 1. The van der Waals surface area contributed by atoms with Gasteiger partial charge < -0.3 is 0 Å². The number of amides is 2. The van der Waals surface area contributed by atoms with E-state index >= 15 is 0 Å². The lowest BCUT2D eigenvalue weighted by Crippen LogP contribution is -2.34. The van der Waals surface area contributed by atoms with Gasteiger partial charge in [-0.15, -0.1) is 0 Å². The molecule has 0 saturated heterocycles. The number of nitrogens with zero attached hydrogens (tertiary/aromatic N) is 2. The van der Waals surface area contributed by atoms with E-state index in [-0.39, 0.29) is 11.8 Å². The maximum absolute atomic E-state index is 11.3. The Hall–Kier alpha value is -0.500. The quantitative estimate of drug-likeness (QED) is 0.700. The zero-order chi connectivity index (χ0) is 11.6. The van der Waals surface area contributed by atoms with E-state index in [1.54, 1.807) is 12.3 Å². The largest absolute Gasteiger partial charge is 0.274 e. The van der Waals surface area contributed by atoms with E-state index in [0.717, 1.165) is 12.9 Å². The normalized spacial score (nSPS) is 9.87. The first-order chi connectivity index (χ1) is 6.93. The minimum absolute atomic E-state index is 0.338. The lowest BCUT2D eigenvalue weighted by molar-refractivity contribution is -0.124. The molecule has 0 fully saturated rings. The van der Waals surface area contributed by atoms with Gasteiger partial charge in [0.2, 0.25) is 11.8 Å². The number of anilines is 1. The van der Waals surface area contributed by atoms with Crippen molar-refractivity contribution in [3.8, 4) is 0 Å². The molecule has 15 heavy (non-hydrogen) atoms. The molecule has 1 aromatic heterocycles. The van der Waals surface area contributed by atoms with E-state index in [2.05, 4.69) is 20.9 Å². The van der Waals surface area contributed by atoms with Crippen LogP contribution in [0.1, 0.15) is 13.8 Å². The fourth-order valence-electron chi connectivity index (χ4n) is 1.09. The van der Waals surface area contributed by atoms with Crippen LogP contribution in [-0.4, -0.2) is 16.8 Å². The van der Waals surface area contributed by atoms with Crippen molar-refractivity contribution in [2.24, 2.45) is 0 Å². The molecule has 2 amide bonds. The second-order valence-electron chi connectivity index (χ2n) is 2.83. The van der Waals surface area contributed by atoms with Crippen molar-refractivity contribution in [3.63, 3.8) is 0 Å². The number of rotatable bonds is 1. The Morgan fingerprint density at radius 1 is 1.40 bits per heavy atom. The van der Waals surface area contributed by atoms with Crippen molar-refractivity contribution >= 4 is 56.2 Å². The van der Waals surface area contributed by atoms with E-state index in [1.807, 2.05) is 22.6 Å². The third-order valence-electron chi connectivity index (χ3n) is 1.63. The molecule has 1 rings (SSSR count). The van der Waals surface area contributed by atoms with Gasteiger partial charge in [-0.3, -0.25) is 9.59 Å². The molecular weight excluding hydrogens is 375 g/mol. The Labute approximate surface area is 109 Å². The molecule has 80 valence electrons. The fraction of sp³-hybridized carbons (Fsp3) is 0.222. The average molecular weight is 383 g/mol. The molecule has 0 saturated carbocycles. The highest BCUT2D eigenvalue weighted by atomic mass is 127. The number of carbonyl (C=O) groups is 2. The monoisotopic (exact) mass is 382 g/mol.